The molecule has 1 saturated carbocycles. The van der Waals surface area contributed by atoms with Gasteiger partial charge in [0.2, 0.25) is 0 Å². The molecule has 1 unspecified atom stereocenters. The van der Waals surface area contributed by atoms with Crippen LogP contribution in [0.4, 0.5) is 0 Å². The number of ether oxygens (including phenoxy) is 1. The van der Waals surface area contributed by atoms with Crippen LogP contribution in [0.25, 0.3) is 0 Å². The summed E-state index contributed by atoms with van der Waals surface area (Å²) in [5, 5.41) is 11.8. The molecule has 0 aliphatic heterocycles. The zero-order chi connectivity index (χ0) is 12.3. The molecule has 5 nitrogen and oxygen atoms in total. The molecule has 1 aromatic rings. The highest BCUT2D eigenvalue weighted by Crippen LogP contribution is 2.42. The van der Waals surface area contributed by atoms with Gasteiger partial charge in [-0.1, -0.05) is 12.1 Å². The Hall–Kier alpha value is -0.940. The zero-order valence-electron chi connectivity index (χ0n) is 10.9. The highest BCUT2D eigenvalue weighted by molar-refractivity contribution is 5.21. The molecule has 2 rings (SSSR count). The lowest BCUT2D eigenvalue weighted by Crippen LogP contribution is -2.18. The van der Waals surface area contributed by atoms with Gasteiger partial charge in [0.15, 0.2) is 0 Å². The Kier molecular flexibility index (Phi) is 4.12. The van der Waals surface area contributed by atoms with Crippen LogP contribution in [-0.2, 0) is 11.3 Å². The Bertz CT molecular complexity index is 359. The normalized spacial score (nSPS) is 17.4. The van der Waals surface area contributed by atoms with Gasteiger partial charge in [-0.3, -0.25) is 0 Å². The molecule has 0 aromatic carbocycles. The third kappa shape index (κ3) is 2.66. The number of hydrogen-bond donors (Lipinski definition) is 1. The first-order chi connectivity index (χ1) is 8.31. The molecule has 17 heavy (non-hydrogen) atoms. The van der Waals surface area contributed by atoms with Crippen molar-refractivity contribution in [1.82, 2.24) is 20.3 Å². The summed E-state index contributed by atoms with van der Waals surface area (Å²) >= 11 is 0. The SMILES string of the molecule is CCC(COC)n1nnc(CNC)c1C1CC1. The van der Waals surface area contributed by atoms with Crippen LogP contribution in [0.15, 0.2) is 0 Å². The average molecular weight is 238 g/mol. The molecule has 0 spiro atoms. The van der Waals surface area contributed by atoms with Crippen LogP contribution in [0.3, 0.4) is 0 Å². The first-order valence-electron chi connectivity index (χ1n) is 6.39. The Morgan fingerprint density at radius 3 is 2.82 bits per heavy atom. The van der Waals surface area contributed by atoms with E-state index in [2.05, 4.69) is 27.2 Å². The number of rotatable bonds is 7. The van der Waals surface area contributed by atoms with E-state index in [1.807, 2.05) is 7.05 Å². The van der Waals surface area contributed by atoms with E-state index in [0.717, 1.165) is 18.7 Å². The summed E-state index contributed by atoms with van der Waals surface area (Å²) in [5.74, 6) is 0.666. The van der Waals surface area contributed by atoms with Gasteiger partial charge in [0.05, 0.1) is 24.0 Å². The van der Waals surface area contributed by atoms with Crippen LogP contribution in [0.1, 0.15) is 49.5 Å². The smallest absolute Gasteiger partial charge is 0.0999 e. The van der Waals surface area contributed by atoms with Gasteiger partial charge in [0, 0.05) is 19.6 Å². The minimum atomic E-state index is 0.314. The van der Waals surface area contributed by atoms with Crippen molar-refractivity contribution in [3.63, 3.8) is 0 Å². The van der Waals surface area contributed by atoms with Crippen molar-refractivity contribution in [3.8, 4) is 0 Å². The van der Waals surface area contributed by atoms with Gasteiger partial charge in [0.1, 0.15) is 0 Å². The van der Waals surface area contributed by atoms with E-state index in [1.165, 1.54) is 18.5 Å². The molecular formula is C12H22N4O. The lowest BCUT2D eigenvalue weighted by atomic mass is 10.2. The van der Waals surface area contributed by atoms with Crippen LogP contribution in [0, 0.1) is 0 Å². The maximum absolute atomic E-state index is 5.27. The topological polar surface area (TPSA) is 52.0 Å². The molecule has 0 saturated heterocycles. The fourth-order valence-corrected chi connectivity index (χ4v) is 2.23. The van der Waals surface area contributed by atoms with E-state index in [1.54, 1.807) is 7.11 Å². The molecule has 96 valence electrons. The van der Waals surface area contributed by atoms with Gasteiger partial charge in [-0.05, 0) is 26.3 Å². The number of hydrogen-bond acceptors (Lipinski definition) is 4. The summed E-state index contributed by atoms with van der Waals surface area (Å²) in [7, 11) is 3.69. The molecule has 1 fully saturated rings. The van der Waals surface area contributed by atoms with Crippen molar-refractivity contribution in [2.24, 2.45) is 0 Å². The van der Waals surface area contributed by atoms with E-state index >= 15 is 0 Å². The Morgan fingerprint density at radius 1 is 1.53 bits per heavy atom. The fraction of sp³-hybridized carbons (Fsp3) is 0.833. The Labute approximate surface area is 103 Å². The van der Waals surface area contributed by atoms with E-state index in [4.69, 9.17) is 4.74 Å². The Morgan fingerprint density at radius 2 is 2.29 bits per heavy atom. The highest BCUT2D eigenvalue weighted by Gasteiger charge is 2.32. The number of nitrogens with one attached hydrogen (secondary N) is 1. The molecule has 1 aromatic heterocycles. The van der Waals surface area contributed by atoms with Crippen molar-refractivity contribution < 1.29 is 4.74 Å². The molecule has 1 heterocycles. The summed E-state index contributed by atoms with van der Waals surface area (Å²) in [6.45, 7) is 3.67. The largest absolute Gasteiger partial charge is 0.382 e. The standard InChI is InChI=1S/C12H22N4O/c1-4-10(8-17-3)16-12(9-5-6-9)11(7-13-2)14-15-16/h9-10,13H,4-8H2,1-3H3. The van der Waals surface area contributed by atoms with Crippen molar-refractivity contribution in [1.29, 1.82) is 0 Å². The van der Waals surface area contributed by atoms with Gasteiger partial charge >= 0.3 is 0 Å². The molecular weight excluding hydrogens is 216 g/mol. The molecule has 1 aliphatic rings. The minimum absolute atomic E-state index is 0.314. The van der Waals surface area contributed by atoms with Crippen molar-refractivity contribution in [3.05, 3.63) is 11.4 Å². The lowest BCUT2D eigenvalue weighted by molar-refractivity contribution is 0.145. The molecule has 0 amide bonds. The molecule has 1 N–H and O–H groups in total. The lowest BCUT2D eigenvalue weighted by Gasteiger charge is -2.17. The van der Waals surface area contributed by atoms with Crippen LogP contribution in [-0.4, -0.2) is 35.8 Å². The second-order valence-electron chi connectivity index (χ2n) is 4.69. The van der Waals surface area contributed by atoms with E-state index in [9.17, 15) is 0 Å². The molecule has 5 heteroatoms. The van der Waals surface area contributed by atoms with Crippen molar-refractivity contribution in [2.75, 3.05) is 20.8 Å². The zero-order valence-corrected chi connectivity index (χ0v) is 10.9. The highest BCUT2D eigenvalue weighted by atomic mass is 16.5. The van der Waals surface area contributed by atoms with Gasteiger partial charge in [-0.25, -0.2) is 4.68 Å². The number of methoxy groups -OCH3 is 1. The van der Waals surface area contributed by atoms with E-state index in [0.29, 0.717) is 18.6 Å². The second kappa shape index (κ2) is 5.60. The van der Waals surface area contributed by atoms with Gasteiger partial charge in [-0.15, -0.1) is 5.10 Å². The van der Waals surface area contributed by atoms with Crippen molar-refractivity contribution in [2.45, 2.75) is 44.7 Å². The third-order valence-corrected chi connectivity index (χ3v) is 3.29. The molecule has 0 bridgehead atoms. The third-order valence-electron chi connectivity index (χ3n) is 3.29. The van der Waals surface area contributed by atoms with Crippen LogP contribution >= 0.6 is 0 Å². The van der Waals surface area contributed by atoms with Crippen LogP contribution < -0.4 is 5.32 Å². The minimum Gasteiger partial charge on any atom is -0.382 e. The van der Waals surface area contributed by atoms with Gasteiger partial charge in [0.25, 0.3) is 0 Å². The average Bonchev–Trinajstić information content (AvgIpc) is 3.09. The predicted molar refractivity (Wildman–Crippen MR) is 66.0 cm³/mol. The molecule has 1 aliphatic carbocycles. The van der Waals surface area contributed by atoms with Crippen LogP contribution in [0.2, 0.25) is 0 Å². The predicted octanol–water partition coefficient (Wildman–Crippen LogP) is 1.47. The van der Waals surface area contributed by atoms with Gasteiger partial charge in [-0.2, -0.15) is 0 Å². The number of aromatic nitrogens is 3. The first-order valence-corrected chi connectivity index (χ1v) is 6.39. The van der Waals surface area contributed by atoms with E-state index in [-0.39, 0.29) is 0 Å². The first kappa shape index (κ1) is 12.5. The Balaban J connectivity index is 2.25. The summed E-state index contributed by atoms with van der Waals surface area (Å²) in [5.41, 5.74) is 2.42. The quantitative estimate of drug-likeness (QED) is 0.781. The fourth-order valence-electron chi connectivity index (χ4n) is 2.23. The van der Waals surface area contributed by atoms with Crippen LogP contribution in [0.5, 0.6) is 0 Å². The molecule has 1 atom stereocenters. The second-order valence-corrected chi connectivity index (χ2v) is 4.69. The summed E-state index contributed by atoms with van der Waals surface area (Å²) in [6, 6.07) is 0.314. The summed E-state index contributed by atoms with van der Waals surface area (Å²) in [4.78, 5) is 0. The summed E-state index contributed by atoms with van der Waals surface area (Å²) in [6.07, 6.45) is 3.57. The maximum Gasteiger partial charge on any atom is 0.0999 e. The maximum atomic E-state index is 5.27. The molecule has 0 radical (unpaired) electrons. The summed E-state index contributed by atoms with van der Waals surface area (Å²) < 4.78 is 7.36. The monoisotopic (exact) mass is 238 g/mol. The number of nitrogens with zero attached hydrogens (tertiary/aromatic N) is 3. The van der Waals surface area contributed by atoms with Crippen molar-refractivity contribution >= 4 is 0 Å². The van der Waals surface area contributed by atoms with Gasteiger partial charge < -0.3 is 10.1 Å². The van der Waals surface area contributed by atoms with E-state index < -0.39 is 0 Å².